The molecular formula is C22H28N4O. The van der Waals surface area contributed by atoms with Gasteiger partial charge in [0.15, 0.2) is 0 Å². The molecule has 2 heterocycles. The van der Waals surface area contributed by atoms with Crippen LogP contribution in [-0.4, -0.2) is 39.9 Å². The molecule has 1 amide bonds. The lowest BCUT2D eigenvalue weighted by molar-refractivity contribution is -0.137. The lowest BCUT2D eigenvalue weighted by atomic mass is 9.95. The number of benzene rings is 1. The van der Waals surface area contributed by atoms with E-state index in [1.165, 1.54) is 11.1 Å². The third kappa shape index (κ3) is 4.29. The van der Waals surface area contributed by atoms with Crippen LogP contribution in [-0.2, 0) is 17.8 Å². The number of hydrogen-bond acceptors (Lipinski definition) is 4. The van der Waals surface area contributed by atoms with Crippen LogP contribution in [0.25, 0.3) is 0 Å². The summed E-state index contributed by atoms with van der Waals surface area (Å²) in [7, 11) is 0. The molecule has 5 nitrogen and oxygen atoms in total. The second-order valence-electron chi connectivity index (χ2n) is 7.68. The molecule has 0 radical (unpaired) electrons. The molecule has 0 atom stereocenters. The van der Waals surface area contributed by atoms with Gasteiger partial charge in [-0.25, -0.2) is 9.97 Å². The smallest absolute Gasteiger partial charge is 0.226 e. The number of aromatic nitrogens is 2. The van der Waals surface area contributed by atoms with E-state index in [0.717, 1.165) is 57.7 Å². The van der Waals surface area contributed by atoms with E-state index in [1.54, 1.807) is 12.4 Å². The van der Waals surface area contributed by atoms with Crippen molar-refractivity contribution in [3.8, 4) is 0 Å². The molecule has 1 aromatic carbocycles. The predicted octanol–water partition coefficient (Wildman–Crippen LogP) is 3.45. The molecule has 1 saturated carbocycles. The van der Waals surface area contributed by atoms with Crippen LogP contribution in [0.1, 0.15) is 43.7 Å². The molecule has 0 unspecified atom stereocenters. The Bertz CT molecular complexity index is 750. The quantitative estimate of drug-likeness (QED) is 0.788. The minimum absolute atomic E-state index is 0.125. The van der Waals surface area contributed by atoms with Crippen LogP contribution in [0.2, 0.25) is 0 Å². The Morgan fingerprint density at radius 3 is 2.26 bits per heavy atom. The van der Waals surface area contributed by atoms with Crippen LogP contribution in [0.5, 0.6) is 0 Å². The number of amides is 1. The molecule has 0 bridgehead atoms. The van der Waals surface area contributed by atoms with E-state index in [2.05, 4.69) is 51.0 Å². The van der Waals surface area contributed by atoms with E-state index in [9.17, 15) is 4.79 Å². The summed E-state index contributed by atoms with van der Waals surface area (Å²) in [4.78, 5) is 26.2. The topological polar surface area (TPSA) is 49.3 Å². The van der Waals surface area contributed by atoms with Gasteiger partial charge in [0.25, 0.3) is 0 Å². The maximum atomic E-state index is 13.2. The van der Waals surface area contributed by atoms with Crippen LogP contribution in [0.15, 0.2) is 42.7 Å². The highest BCUT2D eigenvalue weighted by Gasteiger charge is 2.37. The molecule has 2 aromatic rings. The molecule has 2 fully saturated rings. The van der Waals surface area contributed by atoms with Gasteiger partial charge in [-0.3, -0.25) is 4.79 Å². The zero-order valence-corrected chi connectivity index (χ0v) is 16.1. The first-order valence-corrected chi connectivity index (χ1v) is 10.1. The lowest BCUT2D eigenvalue weighted by Gasteiger charge is -2.34. The first kappa shape index (κ1) is 18.0. The van der Waals surface area contributed by atoms with Gasteiger partial charge in [0.2, 0.25) is 11.9 Å². The Hall–Kier alpha value is -2.43. The van der Waals surface area contributed by atoms with Crippen LogP contribution >= 0.6 is 0 Å². The molecule has 142 valence electrons. The molecule has 1 aliphatic heterocycles. The molecular weight excluding hydrogens is 336 g/mol. The van der Waals surface area contributed by atoms with Crippen LogP contribution < -0.4 is 4.90 Å². The average Bonchev–Trinajstić information content (AvgIpc) is 3.58. The van der Waals surface area contributed by atoms with Crippen molar-refractivity contribution in [3.63, 3.8) is 0 Å². The highest BCUT2D eigenvalue weighted by Crippen LogP contribution is 2.32. The van der Waals surface area contributed by atoms with E-state index >= 15 is 0 Å². The van der Waals surface area contributed by atoms with Gasteiger partial charge in [0.1, 0.15) is 0 Å². The second-order valence-corrected chi connectivity index (χ2v) is 7.68. The van der Waals surface area contributed by atoms with Crippen LogP contribution in [0.4, 0.5) is 5.95 Å². The molecule has 0 spiro atoms. The van der Waals surface area contributed by atoms with Crippen LogP contribution in [0, 0.1) is 5.92 Å². The molecule has 0 N–H and O–H groups in total. The number of rotatable bonds is 6. The van der Waals surface area contributed by atoms with Crippen molar-refractivity contribution >= 4 is 11.9 Å². The molecule has 4 rings (SSSR count). The molecule has 5 heteroatoms. The molecule has 1 saturated heterocycles. The minimum Gasteiger partial charge on any atom is -0.341 e. The third-order valence-electron chi connectivity index (χ3n) is 5.73. The summed E-state index contributed by atoms with van der Waals surface area (Å²) in [5.74, 6) is 1.24. The first-order chi connectivity index (χ1) is 13.2. The van der Waals surface area contributed by atoms with E-state index < -0.39 is 0 Å². The Balaban J connectivity index is 1.38. The molecule has 27 heavy (non-hydrogen) atoms. The monoisotopic (exact) mass is 364 g/mol. The number of hydrogen-bond donors (Lipinski definition) is 0. The molecule has 1 aliphatic carbocycles. The van der Waals surface area contributed by atoms with Crippen molar-refractivity contribution < 1.29 is 4.79 Å². The van der Waals surface area contributed by atoms with Crippen molar-refractivity contribution in [3.05, 3.63) is 53.9 Å². The third-order valence-corrected chi connectivity index (χ3v) is 5.73. The van der Waals surface area contributed by atoms with Crippen molar-refractivity contribution in [2.24, 2.45) is 5.92 Å². The van der Waals surface area contributed by atoms with Gasteiger partial charge in [-0.1, -0.05) is 31.2 Å². The Kier molecular flexibility index (Phi) is 5.37. The van der Waals surface area contributed by atoms with E-state index in [0.29, 0.717) is 11.9 Å². The van der Waals surface area contributed by atoms with Crippen molar-refractivity contribution in [2.45, 2.75) is 51.6 Å². The van der Waals surface area contributed by atoms with Gasteiger partial charge in [-0.2, -0.15) is 0 Å². The summed E-state index contributed by atoms with van der Waals surface area (Å²) in [5, 5.41) is 0. The maximum Gasteiger partial charge on any atom is 0.226 e. The normalized spacial score (nSPS) is 17.7. The molecule has 1 aromatic heterocycles. The molecule has 2 aliphatic rings. The number of carbonyl (C=O) groups excluding carboxylic acids is 1. The van der Waals surface area contributed by atoms with Gasteiger partial charge in [-0.15, -0.1) is 0 Å². The Morgan fingerprint density at radius 2 is 1.67 bits per heavy atom. The highest BCUT2D eigenvalue weighted by atomic mass is 16.2. The minimum atomic E-state index is 0.125. The fourth-order valence-corrected chi connectivity index (χ4v) is 3.87. The number of carbonyl (C=O) groups is 1. The fourth-order valence-electron chi connectivity index (χ4n) is 3.87. The summed E-state index contributed by atoms with van der Waals surface area (Å²) in [6, 6.07) is 11.0. The summed E-state index contributed by atoms with van der Waals surface area (Å²) < 4.78 is 0. The standard InChI is InChI=1S/C22H28N4O/c1-2-17-4-6-18(7-5-17)16-26(20-8-9-20)21(27)19-10-14-25(15-11-19)22-23-12-3-13-24-22/h3-7,12-13,19-20H,2,8-11,14-16H2,1H3. The Morgan fingerprint density at radius 1 is 1.04 bits per heavy atom. The fraction of sp³-hybridized carbons (Fsp3) is 0.500. The lowest BCUT2D eigenvalue weighted by Crippen LogP contribution is -2.43. The number of aryl methyl sites for hydroxylation is 1. The first-order valence-electron chi connectivity index (χ1n) is 10.1. The Labute approximate surface area is 161 Å². The van der Waals surface area contributed by atoms with E-state index in [1.807, 2.05) is 6.07 Å². The second kappa shape index (κ2) is 8.07. The zero-order valence-electron chi connectivity index (χ0n) is 16.1. The van der Waals surface area contributed by atoms with Crippen molar-refractivity contribution in [1.82, 2.24) is 14.9 Å². The SMILES string of the molecule is CCc1ccc(CN(C(=O)C2CCN(c3ncccn3)CC2)C2CC2)cc1. The summed E-state index contributed by atoms with van der Waals surface area (Å²) >= 11 is 0. The average molecular weight is 364 g/mol. The summed E-state index contributed by atoms with van der Waals surface area (Å²) in [5.41, 5.74) is 2.58. The van der Waals surface area contributed by atoms with Gasteiger partial charge in [-0.05, 0) is 49.3 Å². The van der Waals surface area contributed by atoms with Crippen molar-refractivity contribution in [2.75, 3.05) is 18.0 Å². The summed E-state index contributed by atoms with van der Waals surface area (Å²) in [6.07, 6.45) is 8.67. The number of piperidine rings is 1. The van der Waals surface area contributed by atoms with Crippen molar-refractivity contribution in [1.29, 1.82) is 0 Å². The highest BCUT2D eigenvalue weighted by molar-refractivity contribution is 5.79. The number of anilines is 1. The van der Waals surface area contributed by atoms with Gasteiger partial charge in [0, 0.05) is 44.0 Å². The zero-order chi connectivity index (χ0) is 18.6. The van der Waals surface area contributed by atoms with Gasteiger partial charge >= 0.3 is 0 Å². The van der Waals surface area contributed by atoms with E-state index in [-0.39, 0.29) is 5.92 Å². The van der Waals surface area contributed by atoms with E-state index in [4.69, 9.17) is 0 Å². The van der Waals surface area contributed by atoms with Crippen LogP contribution in [0.3, 0.4) is 0 Å². The largest absolute Gasteiger partial charge is 0.341 e. The summed E-state index contributed by atoms with van der Waals surface area (Å²) in [6.45, 7) is 4.62. The maximum absolute atomic E-state index is 13.2. The number of nitrogens with zero attached hydrogens (tertiary/aromatic N) is 4. The van der Waals surface area contributed by atoms with Gasteiger partial charge in [0.05, 0.1) is 0 Å². The van der Waals surface area contributed by atoms with Gasteiger partial charge < -0.3 is 9.80 Å². The predicted molar refractivity (Wildman–Crippen MR) is 106 cm³/mol.